The summed E-state index contributed by atoms with van der Waals surface area (Å²) in [6.07, 6.45) is 9.28. The lowest BCUT2D eigenvalue weighted by molar-refractivity contribution is 0.0526. The second kappa shape index (κ2) is 11.0. The Morgan fingerprint density at radius 2 is 1.67 bits per heavy atom. The second-order valence-corrected chi connectivity index (χ2v) is 8.39. The molecule has 1 aromatic heterocycles. The minimum absolute atomic E-state index is 0.0838. The van der Waals surface area contributed by atoms with E-state index in [-0.39, 0.29) is 18.0 Å². The van der Waals surface area contributed by atoms with E-state index in [0.717, 1.165) is 41.9 Å². The number of carbonyl (C=O) groups excluding carboxylic acids is 1. The molecule has 1 saturated carbocycles. The molecule has 1 unspecified atom stereocenters. The van der Waals surface area contributed by atoms with Crippen molar-refractivity contribution >= 4 is 5.97 Å². The van der Waals surface area contributed by atoms with Crippen LogP contribution in [0.5, 0.6) is 11.5 Å². The molecule has 33 heavy (non-hydrogen) atoms. The molecule has 1 aliphatic carbocycles. The summed E-state index contributed by atoms with van der Waals surface area (Å²) in [5.74, 6) is 1.34. The van der Waals surface area contributed by atoms with Crippen LogP contribution in [-0.2, 0) is 11.2 Å². The zero-order chi connectivity index (χ0) is 23.0. The van der Waals surface area contributed by atoms with Crippen LogP contribution in [0.25, 0.3) is 0 Å². The first-order chi connectivity index (χ1) is 16.2. The van der Waals surface area contributed by atoms with Gasteiger partial charge in [0.15, 0.2) is 11.5 Å². The summed E-state index contributed by atoms with van der Waals surface area (Å²) < 4.78 is 17.1. The number of esters is 1. The average molecular weight is 446 g/mol. The van der Waals surface area contributed by atoms with Crippen LogP contribution in [-0.4, -0.2) is 30.8 Å². The first-order valence-corrected chi connectivity index (χ1v) is 11.7. The average Bonchev–Trinajstić information content (AvgIpc) is 3.37. The van der Waals surface area contributed by atoms with Crippen molar-refractivity contribution in [2.45, 2.75) is 51.0 Å². The van der Waals surface area contributed by atoms with Crippen molar-refractivity contribution in [3.05, 3.63) is 89.2 Å². The Morgan fingerprint density at radius 3 is 2.33 bits per heavy atom. The fraction of sp³-hybridized carbons (Fsp3) is 0.357. The van der Waals surface area contributed by atoms with Gasteiger partial charge in [-0.2, -0.15) is 0 Å². The number of rotatable bonds is 9. The molecule has 1 heterocycles. The molecule has 5 heteroatoms. The van der Waals surface area contributed by atoms with Crippen molar-refractivity contribution in [3.63, 3.8) is 0 Å². The molecular weight excluding hydrogens is 414 g/mol. The fourth-order valence-electron chi connectivity index (χ4n) is 4.44. The molecule has 0 saturated heterocycles. The van der Waals surface area contributed by atoms with Crippen LogP contribution >= 0.6 is 0 Å². The summed E-state index contributed by atoms with van der Waals surface area (Å²) in [5.41, 5.74) is 4.02. The van der Waals surface area contributed by atoms with Gasteiger partial charge in [0.05, 0.1) is 25.4 Å². The van der Waals surface area contributed by atoms with E-state index in [2.05, 4.69) is 17.1 Å². The molecule has 1 fully saturated rings. The van der Waals surface area contributed by atoms with Gasteiger partial charge in [-0.25, -0.2) is 4.79 Å². The predicted molar refractivity (Wildman–Crippen MR) is 128 cm³/mol. The van der Waals surface area contributed by atoms with Gasteiger partial charge in [-0.1, -0.05) is 18.2 Å². The summed E-state index contributed by atoms with van der Waals surface area (Å²) in [7, 11) is 1.68. The Kier molecular flexibility index (Phi) is 7.61. The quantitative estimate of drug-likeness (QED) is 0.380. The lowest BCUT2D eigenvalue weighted by atomic mass is 9.85. The Labute approximate surface area is 195 Å². The standard InChI is InChI=1S/C28H31NO4/c1-3-32-28(30)22-10-8-21(9-11-22)25(18-20-14-16-29-17-15-20)23-12-13-26(31-2)27(19-23)33-24-6-4-5-7-24/h8-17,19,24-25H,3-7,18H2,1-2H3. The molecule has 1 atom stereocenters. The molecule has 1 aliphatic rings. The van der Waals surface area contributed by atoms with E-state index in [1.165, 1.54) is 18.4 Å². The third-order valence-electron chi connectivity index (χ3n) is 6.20. The van der Waals surface area contributed by atoms with Crippen LogP contribution in [0.15, 0.2) is 67.0 Å². The smallest absolute Gasteiger partial charge is 0.338 e. The van der Waals surface area contributed by atoms with E-state index in [1.807, 2.05) is 61.8 Å². The van der Waals surface area contributed by atoms with Crippen LogP contribution in [0.1, 0.15) is 65.6 Å². The second-order valence-electron chi connectivity index (χ2n) is 8.39. The predicted octanol–water partition coefficient (Wildman–Crippen LogP) is 5.96. The summed E-state index contributed by atoms with van der Waals surface area (Å²) in [6.45, 7) is 2.17. The largest absolute Gasteiger partial charge is 0.493 e. The Morgan fingerprint density at radius 1 is 0.970 bits per heavy atom. The zero-order valence-corrected chi connectivity index (χ0v) is 19.3. The molecule has 172 valence electrons. The van der Waals surface area contributed by atoms with Crippen LogP contribution in [0.3, 0.4) is 0 Å². The highest BCUT2D eigenvalue weighted by atomic mass is 16.5. The number of pyridine rings is 1. The molecule has 2 aromatic carbocycles. The van der Waals surface area contributed by atoms with Gasteiger partial charge >= 0.3 is 5.97 Å². The van der Waals surface area contributed by atoms with Crippen molar-refractivity contribution in [3.8, 4) is 11.5 Å². The maximum Gasteiger partial charge on any atom is 0.338 e. The number of carbonyl (C=O) groups is 1. The number of ether oxygens (including phenoxy) is 3. The van der Waals surface area contributed by atoms with E-state index in [9.17, 15) is 4.79 Å². The number of benzene rings is 2. The van der Waals surface area contributed by atoms with Gasteiger partial charge in [0.1, 0.15) is 0 Å². The number of methoxy groups -OCH3 is 1. The molecule has 0 bridgehead atoms. The number of nitrogens with zero attached hydrogens (tertiary/aromatic N) is 1. The van der Waals surface area contributed by atoms with Crippen molar-refractivity contribution in [1.29, 1.82) is 0 Å². The van der Waals surface area contributed by atoms with Gasteiger partial charge in [0, 0.05) is 18.3 Å². The van der Waals surface area contributed by atoms with Gasteiger partial charge in [-0.05, 0) is 92.1 Å². The summed E-state index contributed by atoms with van der Waals surface area (Å²) in [6, 6.07) is 18.0. The van der Waals surface area contributed by atoms with Crippen molar-refractivity contribution in [1.82, 2.24) is 4.98 Å². The first kappa shape index (κ1) is 22.8. The van der Waals surface area contributed by atoms with Gasteiger partial charge in [0.25, 0.3) is 0 Å². The molecule has 3 aromatic rings. The molecule has 0 radical (unpaired) electrons. The molecule has 5 nitrogen and oxygen atoms in total. The van der Waals surface area contributed by atoms with E-state index < -0.39 is 0 Å². The van der Waals surface area contributed by atoms with Gasteiger partial charge in [-0.3, -0.25) is 4.98 Å². The monoisotopic (exact) mass is 445 g/mol. The molecular formula is C28H31NO4. The maximum atomic E-state index is 12.1. The van der Waals surface area contributed by atoms with E-state index in [4.69, 9.17) is 14.2 Å². The Balaban J connectivity index is 1.68. The van der Waals surface area contributed by atoms with E-state index in [0.29, 0.717) is 12.2 Å². The highest BCUT2D eigenvalue weighted by molar-refractivity contribution is 5.89. The normalized spacial score (nSPS) is 14.6. The minimum atomic E-state index is -0.300. The zero-order valence-electron chi connectivity index (χ0n) is 19.3. The minimum Gasteiger partial charge on any atom is -0.493 e. The topological polar surface area (TPSA) is 57.7 Å². The molecule has 4 rings (SSSR count). The van der Waals surface area contributed by atoms with E-state index in [1.54, 1.807) is 7.11 Å². The number of hydrogen-bond donors (Lipinski definition) is 0. The lowest BCUT2D eigenvalue weighted by Crippen LogP contribution is -2.13. The van der Waals surface area contributed by atoms with Gasteiger partial charge < -0.3 is 14.2 Å². The first-order valence-electron chi connectivity index (χ1n) is 11.7. The Hall–Kier alpha value is -3.34. The SMILES string of the molecule is CCOC(=O)c1ccc(C(Cc2ccncc2)c2ccc(OC)c(OC3CCCC3)c2)cc1. The molecule has 0 spiro atoms. The molecule has 0 aliphatic heterocycles. The lowest BCUT2D eigenvalue weighted by Gasteiger charge is -2.22. The van der Waals surface area contributed by atoms with Gasteiger partial charge in [-0.15, -0.1) is 0 Å². The van der Waals surface area contributed by atoms with Crippen LogP contribution in [0, 0.1) is 0 Å². The number of aromatic nitrogens is 1. The highest BCUT2D eigenvalue weighted by Gasteiger charge is 2.22. The third-order valence-corrected chi connectivity index (χ3v) is 6.20. The molecule has 0 N–H and O–H groups in total. The van der Waals surface area contributed by atoms with Crippen molar-refractivity contribution in [2.75, 3.05) is 13.7 Å². The van der Waals surface area contributed by atoms with E-state index >= 15 is 0 Å². The fourth-order valence-corrected chi connectivity index (χ4v) is 4.44. The van der Waals surface area contributed by atoms with Crippen molar-refractivity contribution < 1.29 is 19.0 Å². The van der Waals surface area contributed by atoms with Gasteiger partial charge in [0.2, 0.25) is 0 Å². The summed E-state index contributed by atoms with van der Waals surface area (Å²) >= 11 is 0. The highest BCUT2D eigenvalue weighted by Crippen LogP contribution is 2.37. The van der Waals surface area contributed by atoms with Crippen LogP contribution in [0.4, 0.5) is 0 Å². The van der Waals surface area contributed by atoms with Crippen LogP contribution < -0.4 is 9.47 Å². The third kappa shape index (κ3) is 5.72. The van der Waals surface area contributed by atoms with Crippen molar-refractivity contribution in [2.24, 2.45) is 0 Å². The molecule has 0 amide bonds. The maximum absolute atomic E-state index is 12.1. The summed E-state index contributed by atoms with van der Waals surface area (Å²) in [4.78, 5) is 16.3. The summed E-state index contributed by atoms with van der Waals surface area (Å²) in [5, 5.41) is 0. The Bertz CT molecular complexity index is 1040. The van der Waals surface area contributed by atoms with Crippen LogP contribution in [0.2, 0.25) is 0 Å². The number of hydrogen-bond acceptors (Lipinski definition) is 5.